The summed E-state index contributed by atoms with van der Waals surface area (Å²) in [6.07, 6.45) is 5.48. The Morgan fingerprint density at radius 2 is 1.90 bits per heavy atom. The molecule has 0 radical (unpaired) electrons. The lowest BCUT2D eigenvalue weighted by molar-refractivity contribution is -0.135. The molecule has 5 heterocycles. The molecule has 2 aromatic heterocycles. The lowest BCUT2D eigenvalue weighted by Gasteiger charge is -2.29. The van der Waals surface area contributed by atoms with Gasteiger partial charge in [-0.05, 0) is 25.0 Å². The van der Waals surface area contributed by atoms with Crippen molar-refractivity contribution in [3.05, 3.63) is 24.5 Å². The molecule has 3 aliphatic rings. The summed E-state index contributed by atoms with van der Waals surface area (Å²) in [7, 11) is 1.94. The first kappa shape index (κ1) is 19.4. The summed E-state index contributed by atoms with van der Waals surface area (Å²) in [5.74, 6) is 1.95. The van der Waals surface area contributed by atoms with Crippen molar-refractivity contribution in [2.45, 2.75) is 12.8 Å². The van der Waals surface area contributed by atoms with Crippen LogP contribution >= 0.6 is 0 Å². The van der Waals surface area contributed by atoms with Crippen LogP contribution in [0.1, 0.15) is 12.8 Å². The van der Waals surface area contributed by atoms with Crippen molar-refractivity contribution in [1.29, 1.82) is 0 Å². The number of hydrogen-bond acceptors (Lipinski definition) is 7. The van der Waals surface area contributed by atoms with Gasteiger partial charge in [-0.15, -0.1) is 10.2 Å². The third kappa shape index (κ3) is 3.56. The molecule has 0 aromatic carbocycles. The van der Waals surface area contributed by atoms with Crippen molar-refractivity contribution in [2.75, 3.05) is 63.9 Å². The highest BCUT2D eigenvalue weighted by molar-refractivity contribution is 5.86. The zero-order valence-electron chi connectivity index (χ0n) is 17.5. The Hall–Kier alpha value is -2.52. The highest BCUT2D eigenvalue weighted by Gasteiger charge is 2.50. The summed E-state index contributed by atoms with van der Waals surface area (Å²) in [6, 6.07) is 3.95. The molecule has 0 bridgehead atoms. The third-order valence-electron chi connectivity index (χ3n) is 6.77. The first-order valence-electron chi connectivity index (χ1n) is 10.8. The fraction of sp³-hybridized carbons (Fsp3) is 0.619. The van der Waals surface area contributed by atoms with E-state index >= 15 is 0 Å². The number of nitrogens with zero attached hydrogens (tertiary/aromatic N) is 7. The van der Waals surface area contributed by atoms with Crippen molar-refractivity contribution in [2.24, 2.45) is 12.5 Å². The molecule has 1 amide bonds. The summed E-state index contributed by atoms with van der Waals surface area (Å²) in [5.41, 5.74) is 0.497. The number of carbonyl (C=O) groups excluding carboxylic acids is 1. The van der Waals surface area contributed by atoms with E-state index in [0.29, 0.717) is 5.91 Å². The number of anilines is 1. The maximum absolute atomic E-state index is 13.2. The first-order chi connectivity index (χ1) is 14.6. The number of likely N-dealkylation sites (tertiary alicyclic amines) is 1. The van der Waals surface area contributed by atoms with Gasteiger partial charge in [-0.2, -0.15) is 0 Å². The van der Waals surface area contributed by atoms with Crippen LogP contribution in [-0.2, 0) is 16.6 Å². The van der Waals surface area contributed by atoms with Crippen LogP contribution in [0.2, 0.25) is 0 Å². The SMILES string of the molecule is Cn1ccnc1-c1ccc(N2CCC3(CCN(CCN4CCOCC4)C3=O)C2)nn1. The Kier molecular flexibility index (Phi) is 5.16. The molecule has 9 nitrogen and oxygen atoms in total. The number of carbonyl (C=O) groups is 1. The van der Waals surface area contributed by atoms with Gasteiger partial charge in [0.2, 0.25) is 5.91 Å². The number of hydrogen-bond donors (Lipinski definition) is 0. The first-order valence-corrected chi connectivity index (χ1v) is 10.8. The molecular formula is C21H29N7O2. The quantitative estimate of drug-likeness (QED) is 0.714. The molecule has 0 aliphatic carbocycles. The average molecular weight is 412 g/mol. The monoisotopic (exact) mass is 411 g/mol. The second kappa shape index (κ2) is 7.96. The highest BCUT2D eigenvalue weighted by Crippen LogP contribution is 2.41. The molecule has 3 fully saturated rings. The molecule has 3 aliphatic heterocycles. The second-order valence-corrected chi connectivity index (χ2v) is 8.59. The van der Waals surface area contributed by atoms with E-state index in [0.717, 1.165) is 89.2 Å². The van der Waals surface area contributed by atoms with E-state index in [1.165, 1.54) is 0 Å². The predicted molar refractivity (Wildman–Crippen MR) is 112 cm³/mol. The van der Waals surface area contributed by atoms with E-state index in [9.17, 15) is 4.79 Å². The Morgan fingerprint density at radius 3 is 2.63 bits per heavy atom. The molecule has 0 saturated carbocycles. The molecule has 9 heteroatoms. The van der Waals surface area contributed by atoms with Crippen LogP contribution in [0, 0.1) is 5.41 Å². The lowest BCUT2D eigenvalue weighted by Crippen LogP contribution is -2.43. The topological polar surface area (TPSA) is 79.6 Å². The normalized spacial score (nSPS) is 25.0. The Labute approximate surface area is 176 Å². The molecule has 1 atom stereocenters. The molecule has 30 heavy (non-hydrogen) atoms. The molecular weight excluding hydrogens is 382 g/mol. The molecule has 3 saturated heterocycles. The highest BCUT2D eigenvalue weighted by atomic mass is 16.5. The zero-order chi connectivity index (χ0) is 20.6. The molecule has 160 valence electrons. The van der Waals surface area contributed by atoms with E-state index in [1.54, 1.807) is 6.20 Å². The number of aromatic nitrogens is 4. The van der Waals surface area contributed by atoms with Gasteiger partial charge in [-0.3, -0.25) is 9.69 Å². The predicted octanol–water partition coefficient (Wildman–Crippen LogP) is 0.638. The van der Waals surface area contributed by atoms with E-state index in [1.807, 2.05) is 29.9 Å². The van der Waals surface area contributed by atoms with Crippen molar-refractivity contribution in [3.8, 4) is 11.5 Å². The van der Waals surface area contributed by atoms with Crippen LogP contribution in [0.3, 0.4) is 0 Å². The summed E-state index contributed by atoms with van der Waals surface area (Å²) in [6.45, 7) is 7.73. The molecule has 2 aromatic rings. The van der Waals surface area contributed by atoms with Gasteiger partial charge in [0.15, 0.2) is 11.6 Å². The number of rotatable bonds is 5. The van der Waals surface area contributed by atoms with Crippen LogP contribution < -0.4 is 4.90 Å². The van der Waals surface area contributed by atoms with Gasteiger partial charge in [0.25, 0.3) is 0 Å². The standard InChI is InChI=1S/C21H29N7O2/c1-25-9-6-22-19(25)17-2-3-18(24-23-17)28-8-5-21(16-28)4-7-27(20(21)29)11-10-26-12-14-30-15-13-26/h2-3,6,9H,4-5,7-8,10-16H2,1H3. The second-order valence-electron chi connectivity index (χ2n) is 8.59. The van der Waals surface area contributed by atoms with Crippen molar-refractivity contribution < 1.29 is 9.53 Å². The Morgan fingerprint density at radius 1 is 1.07 bits per heavy atom. The zero-order valence-corrected chi connectivity index (χ0v) is 17.5. The minimum Gasteiger partial charge on any atom is -0.379 e. The van der Waals surface area contributed by atoms with Crippen LogP contribution in [0.25, 0.3) is 11.5 Å². The molecule has 1 spiro atoms. The Bertz CT molecular complexity index is 893. The number of amides is 1. The van der Waals surface area contributed by atoms with Gasteiger partial charge in [0.1, 0.15) is 5.69 Å². The van der Waals surface area contributed by atoms with Gasteiger partial charge in [-0.1, -0.05) is 0 Å². The van der Waals surface area contributed by atoms with Gasteiger partial charge in [0.05, 0.1) is 18.6 Å². The average Bonchev–Trinajstić information content (AvgIpc) is 3.49. The lowest BCUT2D eigenvalue weighted by atomic mass is 9.85. The van der Waals surface area contributed by atoms with Gasteiger partial charge < -0.3 is 19.1 Å². The van der Waals surface area contributed by atoms with Crippen LogP contribution in [0.4, 0.5) is 5.82 Å². The minimum atomic E-state index is -0.259. The third-order valence-corrected chi connectivity index (χ3v) is 6.77. The van der Waals surface area contributed by atoms with E-state index in [4.69, 9.17) is 4.74 Å². The largest absolute Gasteiger partial charge is 0.379 e. The maximum atomic E-state index is 13.2. The maximum Gasteiger partial charge on any atom is 0.230 e. The molecule has 1 unspecified atom stereocenters. The fourth-order valence-corrected chi connectivity index (χ4v) is 4.87. The number of ether oxygens (including phenoxy) is 1. The van der Waals surface area contributed by atoms with Gasteiger partial charge >= 0.3 is 0 Å². The Balaban J connectivity index is 1.21. The van der Waals surface area contributed by atoms with Crippen molar-refractivity contribution in [1.82, 2.24) is 29.5 Å². The van der Waals surface area contributed by atoms with Gasteiger partial charge in [-0.25, -0.2) is 4.98 Å². The number of imidazole rings is 1. The smallest absolute Gasteiger partial charge is 0.230 e. The molecule has 5 rings (SSSR count). The van der Waals surface area contributed by atoms with Gasteiger partial charge in [0, 0.05) is 65.3 Å². The number of morpholine rings is 1. The van der Waals surface area contributed by atoms with Crippen molar-refractivity contribution in [3.63, 3.8) is 0 Å². The van der Waals surface area contributed by atoms with E-state index < -0.39 is 0 Å². The molecule has 0 N–H and O–H groups in total. The van der Waals surface area contributed by atoms with E-state index in [2.05, 4.69) is 29.9 Å². The van der Waals surface area contributed by atoms with E-state index in [-0.39, 0.29) is 5.41 Å². The summed E-state index contributed by atoms with van der Waals surface area (Å²) >= 11 is 0. The minimum absolute atomic E-state index is 0.259. The summed E-state index contributed by atoms with van der Waals surface area (Å²) in [4.78, 5) is 24.2. The van der Waals surface area contributed by atoms with Crippen LogP contribution in [-0.4, -0.2) is 94.5 Å². The van der Waals surface area contributed by atoms with Crippen LogP contribution in [0.15, 0.2) is 24.5 Å². The summed E-state index contributed by atoms with van der Waals surface area (Å²) < 4.78 is 7.34. The fourth-order valence-electron chi connectivity index (χ4n) is 4.87. The number of aryl methyl sites for hydroxylation is 1. The van der Waals surface area contributed by atoms with Crippen LogP contribution in [0.5, 0.6) is 0 Å². The van der Waals surface area contributed by atoms with Crippen molar-refractivity contribution >= 4 is 11.7 Å². The summed E-state index contributed by atoms with van der Waals surface area (Å²) in [5, 5.41) is 8.80.